The Bertz CT molecular complexity index is 1410. The van der Waals surface area contributed by atoms with E-state index in [0.717, 1.165) is 0 Å². The van der Waals surface area contributed by atoms with Crippen molar-refractivity contribution in [1.82, 2.24) is 14.5 Å². The van der Waals surface area contributed by atoms with Gasteiger partial charge in [0.1, 0.15) is 12.3 Å². The normalized spacial score (nSPS) is 23.4. The van der Waals surface area contributed by atoms with Gasteiger partial charge in [-0.15, -0.1) is 0 Å². The number of rotatable bonds is 10. The summed E-state index contributed by atoms with van der Waals surface area (Å²) in [7, 11) is -16.6. The molecule has 0 bridgehead atoms. The number of aromatic nitrogens is 3. The standard InChI is InChI=1S/C15H22N5O13P3S/c16-3-1-2-8-5-20(13-12(8)14(21)19-15(17)18-13)11-4-9(29-7-37)10(31-11)6-30-35(25,26)33-36(27,28)32-34(22,23)24/h5,9-11,37H,3-4,6-7,16H2,(H,25,26)(H,27,28)(H2,22,23,24)(H3,17,18,19,21)/t9?,10-,11-/m1/s1. The summed E-state index contributed by atoms with van der Waals surface area (Å²) in [5.41, 5.74) is 10.9. The van der Waals surface area contributed by atoms with Gasteiger partial charge in [0.05, 0.1) is 36.1 Å². The minimum atomic E-state index is -5.69. The molecule has 9 N–H and O–H groups in total. The van der Waals surface area contributed by atoms with Gasteiger partial charge in [-0.25, -0.2) is 13.7 Å². The molecule has 0 aliphatic carbocycles. The number of fused-ring (bicyclic) bond motifs is 1. The number of phosphoric acid groups is 3. The van der Waals surface area contributed by atoms with Gasteiger partial charge in [-0.05, 0) is 0 Å². The quantitative estimate of drug-likeness (QED) is 0.0734. The van der Waals surface area contributed by atoms with Crippen LogP contribution in [0.15, 0.2) is 11.0 Å². The Morgan fingerprint density at radius 2 is 1.95 bits per heavy atom. The molecule has 18 nitrogen and oxygen atoms in total. The van der Waals surface area contributed by atoms with Crippen molar-refractivity contribution in [2.24, 2.45) is 5.73 Å². The number of ether oxygens (including phenoxy) is 2. The zero-order chi connectivity index (χ0) is 27.6. The maximum Gasteiger partial charge on any atom is 0.490 e. The first-order chi connectivity index (χ1) is 17.1. The number of H-pyrrole nitrogens is 1. The van der Waals surface area contributed by atoms with Crippen LogP contribution in [0.5, 0.6) is 0 Å². The zero-order valence-corrected chi connectivity index (χ0v) is 22.0. The van der Waals surface area contributed by atoms with Crippen LogP contribution in [0.3, 0.4) is 0 Å². The third-order valence-electron chi connectivity index (χ3n) is 4.62. The summed E-state index contributed by atoms with van der Waals surface area (Å²) in [6.07, 6.45) is -1.23. The molecular weight excluding hydrogens is 583 g/mol. The molecule has 0 aromatic carbocycles. The summed E-state index contributed by atoms with van der Waals surface area (Å²) in [5, 5.41) is 0.113. The first-order valence-corrected chi connectivity index (χ1v) is 15.1. The molecule has 0 saturated carbocycles. The van der Waals surface area contributed by atoms with E-state index in [9.17, 15) is 28.3 Å². The number of nitrogens with one attached hydrogen (secondary N) is 1. The van der Waals surface area contributed by atoms with Crippen molar-refractivity contribution in [1.29, 1.82) is 0 Å². The highest BCUT2D eigenvalue weighted by atomic mass is 32.1. The largest absolute Gasteiger partial charge is 0.490 e. The number of hydrogen-bond donors (Lipinski definition) is 8. The van der Waals surface area contributed by atoms with E-state index >= 15 is 0 Å². The lowest BCUT2D eigenvalue weighted by Crippen LogP contribution is -2.28. The fourth-order valence-corrected chi connectivity index (χ4v) is 6.62. The summed E-state index contributed by atoms with van der Waals surface area (Å²) in [4.78, 5) is 55.3. The Morgan fingerprint density at radius 1 is 1.24 bits per heavy atom. The van der Waals surface area contributed by atoms with E-state index in [1.807, 2.05) is 0 Å². The van der Waals surface area contributed by atoms with Crippen LogP contribution in [-0.4, -0.2) is 65.4 Å². The van der Waals surface area contributed by atoms with Crippen molar-refractivity contribution in [2.75, 3.05) is 24.8 Å². The highest BCUT2D eigenvalue weighted by molar-refractivity contribution is 7.80. The molecule has 0 amide bonds. The molecule has 1 saturated heterocycles. The number of nitrogens with zero attached hydrogens (tertiary/aromatic N) is 2. The lowest BCUT2D eigenvalue weighted by molar-refractivity contribution is -0.0520. The molecule has 22 heteroatoms. The van der Waals surface area contributed by atoms with Gasteiger partial charge in [0.15, 0.2) is 5.65 Å². The predicted molar refractivity (Wildman–Crippen MR) is 128 cm³/mol. The average molecular weight is 605 g/mol. The van der Waals surface area contributed by atoms with Crippen LogP contribution < -0.4 is 17.0 Å². The van der Waals surface area contributed by atoms with Crippen LogP contribution in [0.4, 0.5) is 5.95 Å². The Labute approximate surface area is 213 Å². The second-order valence-electron chi connectivity index (χ2n) is 7.19. The first-order valence-electron chi connectivity index (χ1n) is 9.90. The van der Waals surface area contributed by atoms with Gasteiger partial charge < -0.3 is 45.1 Å². The van der Waals surface area contributed by atoms with Crippen LogP contribution in [0.2, 0.25) is 0 Å². The summed E-state index contributed by atoms with van der Waals surface area (Å²) in [5.74, 6) is 5.11. The Balaban J connectivity index is 1.84. The highest BCUT2D eigenvalue weighted by Gasteiger charge is 2.43. The van der Waals surface area contributed by atoms with E-state index < -0.39 is 54.1 Å². The number of aromatic amines is 1. The first kappa shape index (κ1) is 30.0. The van der Waals surface area contributed by atoms with Gasteiger partial charge in [-0.1, -0.05) is 11.8 Å². The highest BCUT2D eigenvalue weighted by Crippen LogP contribution is 2.66. The Kier molecular flexibility index (Phi) is 9.44. The minimum Gasteiger partial charge on any atom is -0.369 e. The average Bonchev–Trinajstić information content (AvgIpc) is 3.29. The Hall–Kier alpha value is -1.58. The van der Waals surface area contributed by atoms with E-state index in [0.29, 0.717) is 0 Å². The molecule has 37 heavy (non-hydrogen) atoms. The van der Waals surface area contributed by atoms with Gasteiger partial charge in [0.25, 0.3) is 5.56 Å². The smallest absolute Gasteiger partial charge is 0.369 e. The predicted octanol–water partition coefficient (Wildman–Crippen LogP) is -0.480. The van der Waals surface area contributed by atoms with E-state index in [2.05, 4.69) is 47.6 Å². The van der Waals surface area contributed by atoms with E-state index in [4.69, 9.17) is 30.7 Å². The van der Waals surface area contributed by atoms with Gasteiger partial charge >= 0.3 is 23.5 Å². The van der Waals surface area contributed by atoms with E-state index in [1.54, 1.807) is 0 Å². The van der Waals surface area contributed by atoms with E-state index in [1.165, 1.54) is 10.8 Å². The fraction of sp³-hybridized carbons (Fsp3) is 0.467. The van der Waals surface area contributed by atoms with Gasteiger partial charge in [0.2, 0.25) is 5.95 Å². The second kappa shape index (κ2) is 11.7. The molecule has 5 atom stereocenters. The molecule has 3 rings (SSSR count). The number of phosphoric ester groups is 1. The minimum absolute atomic E-state index is 0.0213. The number of anilines is 1. The van der Waals surface area contributed by atoms with Gasteiger partial charge in [0, 0.05) is 12.6 Å². The van der Waals surface area contributed by atoms with Crippen LogP contribution in [0.1, 0.15) is 18.2 Å². The maximum atomic E-state index is 12.5. The second-order valence-corrected chi connectivity index (χ2v) is 11.9. The Morgan fingerprint density at radius 3 is 2.57 bits per heavy atom. The zero-order valence-electron chi connectivity index (χ0n) is 18.4. The van der Waals surface area contributed by atoms with Crippen molar-refractivity contribution < 1.29 is 55.9 Å². The van der Waals surface area contributed by atoms with Gasteiger partial charge in [-0.2, -0.15) is 26.2 Å². The SMILES string of the molecule is NCC#Cc1cn([C@H]2CC(OCS)[C@@H](COP(=O)(O)OP(=O)(O)OP(=O)(O)O)O2)c2nc(N)[nH]c(=O)c12. The molecule has 1 aliphatic rings. The van der Waals surface area contributed by atoms with Crippen molar-refractivity contribution in [3.63, 3.8) is 0 Å². The number of hydrogen-bond acceptors (Lipinski definition) is 13. The molecule has 3 heterocycles. The number of thiol groups is 1. The van der Waals surface area contributed by atoms with Crippen LogP contribution in [0, 0.1) is 11.8 Å². The summed E-state index contributed by atoms with van der Waals surface area (Å²) >= 11 is 3.98. The molecule has 1 fully saturated rings. The topological polar surface area (TPSA) is 281 Å². The number of nitrogens with two attached hydrogens (primary N) is 2. The lowest BCUT2D eigenvalue weighted by atomic mass is 10.2. The monoisotopic (exact) mass is 605 g/mol. The molecule has 2 aromatic heterocycles. The molecule has 3 unspecified atom stereocenters. The van der Waals surface area contributed by atoms with Crippen LogP contribution in [-0.2, 0) is 36.3 Å². The molecule has 206 valence electrons. The fourth-order valence-electron chi connectivity index (χ4n) is 3.40. The van der Waals surface area contributed by atoms with Crippen molar-refractivity contribution in [3.05, 3.63) is 22.1 Å². The van der Waals surface area contributed by atoms with E-state index in [-0.39, 0.29) is 41.4 Å². The molecule has 2 aromatic rings. The summed E-state index contributed by atoms with van der Waals surface area (Å²) < 4.78 is 59.2. The molecular formula is C15H22N5O13P3S. The van der Waals surface area contributed by atoms with Gasteiger partial charge in [-0.3, -0.25) is 14.3 Å². The van der Waals surface area contributed by atoms with Crippen LogP contribution >= 0.6 is 36.1 Å². The summed E-state index contributed by atoms with van der Waals surface area (Å²) in [6, 6.07) is 0. The van der Waals surface area contributed by atoms with Crippen LogP contribution in [0.25, 0.3) is 11.0 Å². The lowest BCUT2D eigenvalue weighted by Gasteiger charge is -2.20. The van der Waals surface area contributed by atoms with Crippen molar-refractivity contribution in [2.45, 2.75) is 24.9 Å². The molecule has 0 radical (unpaired) electrons. The number of nitrogen functional groups attached to an aromatic ring is 1. The molecule has 0 spiro atoms. The summed E-state index contributed by atoms with van der Waals surface area (Å²) in [6.45, 7) is -0.735. The van der Waals surface area contributed by atoms with Crippen molar-refractivity contribution in [3.8, 4) is 11.8 Å². The maximum absolute atomic E-state index is 12.5. The third-order valence-corrected chi connectivity index (χ3v) is 8.57. The third kappa shape index (κ3) is 7.96. The molecule has 1 aliphatic heterocycles. The van der Waals surface area contributed by atoms with Crippen molar-refractivity contribution >= 4 is 53.1 Å².